The number of carbonyl (C=O) groups is 3. The van der Waals surface area contributed by atoms with Gasteiger partial charge in [0.15, 0.2) is 0 Å². The van der Waals surface area contributed by atoms with E-state index >= 15 is 0 Å². The minimum atomic E-state index is -0.296. The van der Waals surface area contributed by atoms with Crippen molar-refractivity contribution in [2.45, 2.75) is 24.5 Å². The summed E-state index contributed by atoms with van der Waals surface area (Å²) >= 11 is 1.37. The number of thioether (sulfide) groups is 1. The molecule has 1 fully saturated rings. The number of amides is 3. The van der Waals surface area contributed by atoms with Gasteiger partial charge in [0.05, 0.1) is 12.4 Å². The SMILES string of the molecule is COc1ccc(CCNC(=O)CCN2C(=O)CC(SC)C2=O)cc1. The van der Waals surface area contributed by atoms with Gasteiger partial charge in [-0.2, -0.15) is 11.8 Å². The van der Waals surface area contributed by atoms with Crippen LogP contribution in [-0.4, -0.2) is 54.3 Å². The van der Waals surface area contributed by atoms with Crippen LogP contribution in [0.2, 0.25) is 0 Å². The Morgan fingerprint density at radius 1 is 1.33 bits per heavy atom. The molecule has 2 rings (SSSR count). The molecule has 1 aromatic rings. The number of benzene rings is 1. The van der Waals surface area contributed by atoms with Crippen molar-refractivity contribution >= 4 is 29.5 Å². The Hall–Kier alpha value is -2.02. The topological polar surface area (TPSA) is 75.7 Å². The Labute approximate surface area is 145 Å². The molecule has 24 heavy (non-hydrogen) atoms. The van der Waals surface area contributed by atoms with Gasteiger partial charge in [-0.1, -0.05) is 12.1 Å². The number of hydrogen-bond donors (Lipinski definition) is 1. The Bertz CT molecular complexity index is 603. The monoisotopic (exact) mass is 350 g/mol. The Morgan fingerprint density at radius 3 is 2.62 bits per heavy atom. The molecule has 0 aliphatic carbocycles. The molecule has 0 saturated carbocycles. The van der Waals surface area contributed by atoms with Crippen molar-refractivity contribution in [1.29, 1.82) is 0 Å². The van der Waals surface area contributed by atoms with E-state index in [9.17, 15) is 14.4 Å². The standard InChI is InChI=1S/C17H22N2O4S/c1-23-13-5-3-12(4-6-13)7-9-18-15(20)8-10-19-16(21)11-14(24-2)17(19)22/h3-6,14H,7-11H2,1-2H3,(H,18,20). The zero-order valence-corrected chi connectivity index (χ0v) is 14.7. The minimum Gasteiger partial charge on any atom is -0.497 e. The van der Waals surface area contributed by atoms with Crippen molar-refractivity contribution < 1.29 is 19.1 Å². The maximum absolute atomic E-state index is 12.0. The summed E-state index contributed by atoms with van der Waals surface area (Å²) in [6.45, 7) is 0.670. The van der Waals surface area contributed by atoms with Gasteiger partial charge >= 0.3 is 0 Å². The molecule has 1 aromatic carbocycles. The molecular weight excluding hydrogens is 328 g/mol. The molecule has 3 amide bonds. The van der Waals surface area contributed by atoms with Crippen molar-refractivity contribution in [2.75, 3.05) is 26.5 Å². The predicted octanol–water partition coefficient (Wildman–Crippen LogP) is 1.23. The van der Waals surface area contributed by atoms with E-state index in [0.29, 0.717) is 13.0 Å². The molecule has 1 unspecified atom stereocenters. The lowest BCUT2D eigenvalue weighted by Crippen LogP contribution is -2.35. The summed E-state index contributed by atoms with van der Waals surface area (Å²) in [4.78, 5) is 36.8. The van der Waals surface area contributed by atoms with E-state index in [-0.39, 0.29) is 42.4 Å². The van der Waals surface area contributed by atoms with E-state index in [1.54, 1.807) is 7.11 Å². The van der Waals surface area contributed by atoms with Crippen LogP contribution in [0, 0.1) is 0 Å². The third kappa shape index (κ3) is 4.74. The van der Waals surface area contributed by atoms with E-state index in [1.807, 2.05) is 30.5 Å². The third-order valence-corrected chi connectivity index (χ3v) is 4.88. The Kier molecular flexibility index (Phi) is 6.66. The number of hydrogen-bond acceptors (Lipinski definition) is 5. The predicted molar refractivity (Wildman–Crippen MR) is 93.0 cm³/mol. The van der Waals surface area contributed by atoms with Crippen molar-refractivity contribution in [3.05, 3.63) is 29.8 Å². The van der Waals surface area contributed by atoms with Crippen molar-refractivity contribution in [3.8, 4) is 5.75 Å². The van der Waals surface area contributed by atoms with Crippen molar-refractivity contribution in [1.82, 2.24) is 10.2 Å². The first-order chi connectivity index (χ1) is 11.5. The quantitative estimate of drug-likeness (QED) is 0.714. The van der Waals surface area contributed by atoms with E-state index < -0.39 is 0 Å². The molecule has 6 nitrogen and oxygen atoms in total. The summed E-state index contributed by atoms with van der Waals surface area (Å²) in [5, 5.41) is 2.52. The van der Waals surface area contributed by atoms with Crippen LogP contribution < -0.4 is 10.1 Å². The van der Waals surface area contributed by atoms with Crippen LogP contribution in [0.1, 0.15) is 18.4 Å². The highest BCUT2D eigenvalue weighted by atomic mass is 32.2. The van der Waals surface area contributed by atoms with E-state index in [2.05, 4.69) is 5.32 Å². The first kappa shape index (κ1) is 18.3. The zero-order chi connectivity index (χ0) is 17.5. The molecule has 0 bridgehead atoms. The van der Waals surface area contributed by atoms with Crippen LogP contribution in [0.15, 0.2) is 24.3 Å². The summed E-state index contributed by atoms with van der Waals surface area (Å²) in [6, 6.07) is 7.66. The van der Waals surface area contributed by atoms with Gasteiger partial charge in [-0.05, 0) is 30.4 Å². The summed E-state index contributed by atoms with van der Waals surface area (Å²) in [5.74, 6) is 0.270. The van der Waals surface area contributed by atoms with Crippen LogP contribution in [0.5, 0.6) is 5.75 Å². The van der Waals surface area contributed by atoms with Gasteiger partial charge in [-0.25, -0.2) is 0 Å². The molecule has 0 spiro atoms. The Balaban J connectivity index is 1.70. The fourth-order valence-electron chi connectivity index (χ4n) is 2.51. The zero-order valence-electron chi connectivity index (χ0n) is 13.9. The van der Waals surface area contributed by atoms with Crippen LogP contribution in [0.3, 0.4) is 0 Å². The first-order valence-electron chi connectivity index (χ1n) is 7.81. The molecule has 1 atom stereocenters. The lowest BCUT2D eigenvalue weighted by molar-refractivity contribution is -0.138. The number of carbonyl (C=O) groups excluding carboxylic acids is 3. The van der Waals surface area contributed by atoms with E-state index in [1.165, 1.54) is 16.7 Å². The third-order valence-electron chi connectivity index (χ3n) is 3.94. The van der Waals surface area contributed by atoms with Crippen LogP contribution in [-0.2, 0) is 20.8 Å². The van der Waals surface area contributed by atoms with Gasteiger partial charge in [0, 0.05) is 25.9 Å². The van der Waals surface area contributed by atoms with Crippen molar-refractivity contribution in [2.24, 2.45) is 0 Å². The molecule has 130 valence electrons. The summed E-state index contributed by atoms with van der Waals surface area (Å²) in [7, 11) is 1.62. The number of nitrogens with zero attached hydrogens (tertiary/aromatic N) is 1. The van der Waals surface area contributed by atoms with Gasteiger partial charge in [-0.15, -0.1) is 0 Å². The molecule has 0 aromatic heterocycles. The fraction of sp³-hybridized carbons (Fsp3) is 0.471. The normalized spacial score (nSPS) is 17.2. The number of imide groups is 1. The summed E-state index contributed by atoms with van der Waals surface area (Å²) in [6.07, 6.45) is 2.90. The second kappa shape index (κ2) is 8.73. The maximum atomic E-state index is 12.0. The Morgan fingerprint density at radius 2 is 2.04 bits per heavy atom. The largest absolute Gasteiger partial charge is 0.497 e. The maximum Gasteiger partial charge on any atom is 0.242 e. The molecule has 1 saturated heterocycles. The highest BCUT2D eigenvalue weighted by molar-refractivity contribution is 8.00. The van der Waals surface area contributed by atoms with E-state index in [4.69, 9.17) is 4.74 Å². The molecule has 7 heteroatoms. The number of ether oxygens (including phenoxy) is 1. The average molecular weight is 350 g/mol. The molecule has 1 aliphatic heterocycles. The number of likely N-dealkylation sites (tertiary alicyclic amines) is 1. The number of rotatable bonds is 8. The van der Waals surface area contributed by atoms with Crippen LogP contribution >= 0.6 is 11.8 Å². The molecule has 0 radical (unpaired) electrons. The number of nitrogens with one attached hydrogen (secondary N) is 1. The highest BCUT2D eigenvalue weighted by Gasteiger charge is 2.37. The van der Waals surface area contributed by atoms with E-state index in [0.717, 1.165) is 11.3 Å². The summed E-state index contributed by atoms with van der Waals surface area (Å²) in [5.41, 5.74) is 1.10. The van der Waals surface area contributed by atoms with Gasteiger partial charge in [0.1, 0.15) is 5.75 Å². The lowest BCUT2D eigenvalue weighted by atomic mass is 10.1. The average Bonchev–Trinajstić information content (AvgIpc) is 2.87. The second-order valence-electron chi connectivity index (χ2n) is 5.51. The summed E-state index contributed by atoms with van der Waals surface area (Å²) < 4.78 is 5.09. The van der Waals surface area contributed by atoms with Gasteiger partial charge in [0.25, 0.3) is 0 Å². The second-order valence-corrected chi connectivity index (χ2v) is 6.55. The van der Waals surface area contributed by atoms with Crippen molar-refractivity contribution in [3.63, 3.8) is 0 Å². The highest BCUT2D eigenvalue weighted by Crippen LogP contribution is 2.23. The molecule has 1 aliphatic rings. The first-order valence-corrected chi connectivity index (χ1v) is 9.10. The van der Waals surface area contributed by atoms with Gasteiger partial charge < -0.3 is 10.1 Å². The molecular formula is C17H22N2O4S. The molecule has 1 N–H and O–H groups in total. The fourth-order valence-corrected chi connectivity index (χ4v) is 3.15. The molecule has 1 heterocycles. The van der Waals surface area contributed by atoms with Gasteiger partial charge in [0.2, 0.25) is 17.7 Å². The minimum absolute atomic E-state index is 0.140. The van der Waals surface area contributed by atoms with Gasteiger partial charge in [-0.3, -0.25) is 19.3 Å². The smallest absolute Gasteiger partial charge is 0.242 e. The number of methoxy groups -OCH3 is 1. The van der Waals surface area contributed by atoms with Crippen LogP contribution in [0.25, 0.3) is 0 Å². The lowest BCUT2D eigenvalue weighted by Gasteiger charge is -2.14. The van der Waals surface area contributed by atoms with Crippen LogP contribution in [0.4, 0.5) is 0 Å².